The number of hydrogen-bond acceptors (Lipinski definition) is 4. The second-order valence-electron chi connectivity index (χ2n) is 6.13. The van der Waals surface area contributed by atoms with Gasteiger partial charge in [0.15, 0.2) is 5.13 Å². The Morgan fingerprint density at radius 3 is 2.62 bits per heavy atom. The van der Waals surface area contributed by atoms with Crippen LogP contribution in [-0.2, 0) is 13.0 Å². The molecule has 0 saturated heterocycles. The summed E-state index contributed by atoms with van der Waals surface area (Å²) in [4.78, 5) is 8.91. The number of anilines is 1. The van der Waals surface area contributed by atoms with E-state index in [4.69, 9.17) is 4.98 Å². The number of rotatable bonds is 10. The molecule has 2 rings (SSSR count). The van der Waals surface area contributed by atoms with Crippen LogP contribution in [-0.4, -0.2) is 24.6 Å². The molecule has 0 unspecified atom stereocenters. The fourth-order valence-electron chi connectivity index (χ4n) is 2.78. The van der Waals surface area contributed by atoms with E-state index >= 15 is 0 Å². The van der Waals surface area contributed by atoms with Crippen molar-refractivity contribution in [2.24, 2.45) is 5.92 Å². The normalized spacial score (nSPS) is 15.2. The maximum absolute atomic E-state index is 4.97. The maximum atomic E-state index is 4.97. The zero-order valence-electron chi connectivity index (χ0n) is 14.0. The van der Waals surface area contributed by atoms with Crippen LogP contribution in [0.3, 0.4) is 0 Å². The number of thiazole rings is 1. The summed E-state index contributed by atoms with van der Waals surface area (Å²) in [6.07, 6.45) is 7.73. The summed E-state index contributed by atoms with van der Waals surface area (Å²) in [6.45, 7) is 11.1. The highest BCUT2D eigenvalue weighted by molar-refractivity contribution is 7.15. The van der Waals surface area contributed by atoms with Crippen LogP contribution in [0.5, 0.6) is 0 Å². The average Bonchev–Trinajstić information content (AvgIpc) is 2.82. The number of nitrogens with one attached hydrogen (secondary N) is 1. The van der Waals surface area contributed by atoms with Crippen LogP contribution < -0.4 is 10.2 Å². The zero-order chi connectivity index (χ0) is 15.1. The second-order valence-corrected chi connectivity index (χ2v) is 7.19. The lowest BCUT2D eigenvalue weighted by atomic mass is 9.85. The molecular weight excluding hydrogens is 278 g/mol. The van der Waals surface area contributed by atoms with Crippen molar-refractivity contribution in [2.75, 3.05) is 24.5 Å². The first-order chi connectivity index (χ1) is 10.3. The minimum atomic E-state index is 0.908. The fraction of sp³-hybridized carbons (Fsp3) is 0.824. The van der Waals surface area contributed by atoms with E-state index in [-0.39, 0.29) is 0 Å². The molecule has 1 N–H and O–H groups in total. The van der Waals surface area contributed by atoms with Crippen LogP contribution >= 0.6 is 11.3 Å². The zero-order valence-corrected chi connectivity index (χ0v) is 14.8. The van der Waals surface area contributed by atoms with E-state index in [0.29, 0.717) is 0 Å². The van der Waals surface area contributed by atoms with Gasteiger partial charge in [-0.15, -0.1) is 11.3 Å². The van der Waals surface area contributed by atoms with Gasteiger partial charge in [0.1, 0.15) is 0 Å². The number of aromatic nitrogens is 1. The summed E-state index contributed by atoms with van der Waals surface area (Å²) in [7, 11) is 0. The lowest BCUT2D eigenvalue weighted by Gasteiger charge is -2.31. The Labute approximate surface area is 134 Å². The van der Waals surface area contributed by atoms with Crippen LogP contribution in [0.25, 0.3) is 0 Å². The lowest BCUT2D eigenvalue weighted by Crippen LogP contribution is -2.32. The van der Waals surface area contributed by atoms with Crippen LogP contribution in [0.15, 0.2) is 0 Å². The Hall–Kier alpha value is -0.610. The summed E-state index contributed by atoms with van der Waals surface area (Å²) in [6, 6.07) is 0. The SMILES string of the molecule is CCCNCc1sc(N(CC)CC2CCC2)nc1CCC. The minimum Gasteiger partial charge on any atom is -0.348 e. The van der Waals surface area contributed by atoms with E-state index in [2.05, 4.69) is 31.0 Å². The molecule has 1 saturated carbocycles. The third kappa shape index (κ3) is 4.68. The van der Waals surface area contributed by atoms with Gasteiger partial charge in [-0.05, 0) is 45.1 Å². The van der Waals surface area contributed by atoms with Crippen molar-refractivity contribution >= 4 is 16.5 Å². The van der Waals surface area contributed by atoms with Crippen molar-refractivity contribution in [3.8, 4) is 0 Å². The van der Waals surface area contributed by atoms with Crippen molar-refractivity contribution in [3.05, 3.63) is 10.6 Å². The van der Waals surface area contributed by atoms with E-state index in [1.807, 2.05) is 11.3 Å². The molecule has 1 aromatic rings. The third-order valence-corrected chi connectivity index (χ3v) is 5.48. The fourth-order valence-corrected chi connectivity index (χ4v) is 3.93. The van der Waals surface area contributed by atoms with Gasteiger partial charge in [-0.3, -0.25) is 0 Å². The Kier molecular flexibility index (Phi) is 6.97. The molecule has 1 aliphatic carbocycles. The quantitative estimate of drug-likeness (QED) is 0.656. The van der Waals surface area contributed by atoms with E-state index < -0.39 is 0 Å². The maximum Gasteiger partial charge on any atom is 0.185 e. The van der Waals surface area contributed by atoms with Gasteiger partial charge in [0, 0.05) is 24.5 Å². The molecule has 3 nitrogen and oxygen atoms in total. The van der Waals surface area contributed by atoms with Gasteiger partial charge in [-0.2, -0.15) is 0 Å². The first-order valence-corrected chi connectivity index (χ1v) is 9.54. The first kappa shape index (κ1) is 16.8. The molecule has 1 fully saturated rings. The summed E-state index contributed by atoms with van der Waals surface area (Å²) in [5, 5.41) is 4.79. The molecule has 0 aliphatic heterocycles. The molecule has 1 aromatic heterocycles. The molecule has 0 spiro atoms. The van der Waals surface area contributed by atoms with Gasteiger partial charge in [-0.25, -0.2) is 4.98 Å². The van der Waals surface area contributed by atoms with E-state index in [0.717, 1.165) is 32.0 Å². The van der Waals surface area contributed by atoms with E-state index in [1.165, 1.54) is 54.4 Å². The predicted molar refractivity (Wildman–Crippen MR) is 93.3 cm³/mol. The van der Waals surface area contributed by atoms with Crippen LogP contribution in [0.2, 0.25) is 0 Å². The Morgan fingerprint density at radius 1 is 1.24 bits per heavy atom. The molecule has 0 atom stereocenters. The Balaban J connectivity index is 2.03. The van der Waals surface area contributed by atoms with Gasteiger partial charge in [-0.1, -0.05) is 26.7 Å². The van der Waals surface area contributed by atoms with Crippen molar-refractivity contribution in [2.45, 2.75) is 65.8 Å². The second kappa shape index (κ2) is 8.74. The average molecular weight is 310 g/mol. The number of nitrogens with zero attached hydrogens (tertiary/aromatic N) is 2. The highest BCUT2D eigenvalue weighted by Crippen LogP contribution is 2.32. The van der Waals surface area contributed by atoms with Gasteiger partial charge in [0.05, 0.1) is 5.69 Å². The molecule has 21 heavy (non-hydrogen) atoms. The highest BCUT2D eigenvalue weighted by atomic mass is 32.1. The molecule has 120 valence electrons. The largest absolute Gasteiger partial charge is 0.348 e. The van der Waals surface area contributed by atoms with Crippen molar-refractivity contribution in [1.29, 1.82) is 0 Å². The summed E-state index contributed by atoms with van der Waals surface area (Å²) in [5.41, 5.74) is 1.33. The summed E-state index contributed by atoms with van der Waals surface area (Å²) < 4.78 is 0. The minimum absolute atomic E-state index is 0.908. The van der Waals surface area contributed by atoms with Gasteiger partial charge >= 0.3 is 0 Å². The van der Waals surface area contributed by atoms with Crippen LogP contribution in [0.1, 0.15) is 63.4 Å². The molecule has 4 heteroatoms. The third-order valence-electron chi connectivity index (χ3n) is 4.32. The smallest absolute Gasteiger partial charge is 0.185 e. The van der Waals surface area contributed by atoms with Crippen LogP contribution in [0, 0.1) is 5.92 Å². The number of hydrogen-bond donors (Lipinski definition) is 1. The standard InChI is InChI=1S/C17H31N3S/c1-4-8-15-16(12-18-11-5-2)21-17(19-15)20(6-3)13-14-9-7-10-14/h14,18H,4-13H2,1-3H3. The molecular formula is C17H31N3S. The molecule has 0 aromatic carbocycles. The summed E-state index contributed by atoms with van der Waals surface area (Å²) >= 11 is 1.91. The lowest BCUT2D eigenvalue weighted by molar-refractivity contribution is 0.318. The van der Waals surface area contributed by atoms with E-state index in [9.17, 15) is 0 Å². The number of aryl methyl sites for hydroxylation is 1. The van der Waals surface area contributed by atoms with Gasteiger partial charge < -0.3 is 10.2 Å². The molecule has 0 bridgehead atoms. The summed E-state index contributed by atoms with van der Waals surface area (Å²) in [5.74, 6) is 0.908. The van der Waals surface area contributed by atoms with Gasteiger partial charge in [0.25, 0.3) is 0 Å². The first-order valence-electron chi connectivity index (χ1n) is 8.72. The highest BCUT2D eigenvalue weighted by Gasteiger charge is 2.22. The van der Waals surface area contributed by atoms with E-state index in [1.54, 1.807) is 0 Å². The van der Waals surface area contributed by atoms with Crippen LogP contribution in [0.4, 0.5) is 5.13 Å². The van der Waals surface area contributed by atoms with Crippen molar-refractivity contribution in [3.63, 3.8) is 0 Å². The Bertz CT molecular complexity index is 412. The van der Waals surface area contributed by atoms with Crippen molar-refractivity contribution in [1.82, 2.24) is 10.3 Å². The molecule has 1 aliphatic rings. The monoisotopic (exact) mass is 309 g/mol. The molecule has 1 heterocycles. The van der Waals surface area contributed by atoms with Crippen molar-refractivity contribution < 1.29 is 0 Å². The Morgan fingerprint density at radius 2 is 2.05 bits per heavy atom. The predicted octanol–water partition coefficient (Wildman–Crippen LogP) is 4.22. The molecule has 0 radical (unpaired) electrons. The molecule has 0 amide bonds. The topological polar surface area (TPSA) is 28.2 Å². The van der Waals surface area contributed by atoms with Gasteiger partial charge in [0.2, 0.25) is 0 Å².